The molecule has 2 aromatic heterocycles. The molecule has 3 rings (SSSR count). The van der Waals surface area contributed by atoms with Gasteiger partial charge in [0.2, 0.25) is 0 Å². The largest absolute Gasteiger partial charge is 0.370 e. The predicted molar refractivity (Wildman–Crippen MR) is 93.0 cm³/mol. The van der Waals surface area contributed by atoms with E-state index in [-0.39, 0.29) is 0 Å². The van der Waals surface area contributed by atoms with Gasteiger partial charge in [0.1, 0.15) is 5.65 Å². The van der Waals surface area contributed by atoms with E-state index in [4.69, 9.17) is 5.73 Å². The fourth-order valence-corrected chi connectivity index (χ4v) is 2.44. The van der Waals surface area contributed by atoms with E-state index in [2.05, 4.69) is 31.2 Å². The van der Waals surface area contributed by atoms with Crippen LogP contribution in [0.4, 0.5) is 5.69 Å². The summed E-state index contributed by atoms with van der Waals surface area (Å²) in [6.07, 6.45) is 3.91. The van der Waals surface area contributed by atoms with Crippen molar-refractivity contribution >= 4 is 33.2 Å². The normalized spacial score (nSPS) is 11.8. The van der Waals surface area contributed by atoms with E-state index in [1.807, 2.05) is 60.1 Å². The number of nitrogens with one attached hydrogen (secondary N) is 1. The molecule has 0 saturated carbocycles. The van der Waals surface area contributed by atoms with Gasteiger partial charge in [-0.3, -0.25) is 0 Å². The first-order valence-electron chi connectivity index (χ1n) is 6.87. The van der Waals surface area contributed by atoms with Gasteiger partial charge in [-0.1, -0.05) is 17.7 Å². The maximum Gasteiger partial charge on any atom is 0.193 e. The van der Waals surface area contributed by atoms with Crippen LogP contribution in [0.25, 0.3) is 5.65 Å². The fraction of sp³-hybridized carbons (Fsp3) is 0.125. The molecule has 3 aromatic rings. The lowest BCUT2D eigenvalue weighted by Crippen LogP contribution is -2.22. The number of aryl methyl sites for hydroxylation is 1. The van der Waals surface area contributed by atoms with E-state index in [9.17, 15) is 0 Å². The molecule has 22 heavy (non-hydrogen) atoms. The molecule has 0 spiro atoms. The van der Waals surface area contributed by atoms with Crippen LogP contribution in [0.1, 0.15) is 11.3 Å². The number of nitrogens with two attached hydrogens (primary N) is 1. The number of halogens is 1. The molecule has 2 heterocycles. The maximum atomic E-state index is 5.91. The van der Waals surface area contributed by atoms with Crippen LogP contribution < -0.4 is 11.1 Å². The Morgan fingerprint density at radius 2 is 2.00 bits per heavy atom. The Kier molecular flexibility index (Phi) is 4.11. The second kappa shape index (κ2) is 6.19. The summed E-state index contributed by atoms with van der Waals surface area (Å²) < 4.78 is 2.96. The molecule has 0 amide bonds. The Morgan fingerprint density at radius 3 is 2.77 bits per heavy atom. The van der Waals surface area contributed by atoms with Crippen LogP contribution in [0, 0.1) is 6.92 Å². The molecule has 0 aliphatic carbocycles. The van der Waals surface area contributed by atoms with Crippen LogP contribution in [-0.4, -0.2) is 15.3 Å². The van der Waals surface area contributed by atoms with Crippen molar-refractivity contribution in [2.24, 2.45) is 10.7 Å². The third-order valence-corrected chi connectivity index (χ3v) is 3.67. The zero-order chi connectivity index (χ0) is 15.5. The van der Waals surface area contributed by atoms with Crippen molar-refractivity contribution in [2.45, 2.75) is 13.5 Å². The van der Waals surface area contributed by atoms with Crippen LogP contribution in [0.5, 0.6) is 0 Å². The number of imidazole rings is 1. The highest BCUT2D eigenvalue weighted by Crippen LogP contribution is 2.13. The van der Waals surface area contributed by atoms with Crippen molar-refractivity contribution in [1.29, 1.82) is 0 Å². The van der Waals surface area contributed by atoms with Gasteiger partial charge in [0.05, 0.1) is 12.2 Å². The Labute approximate surface area is 137 Å². The first-order valence-corrected chi connectivity index (χ1v) is 7.66. The molecule has 0 fully saturated rings. The topological polar surface area (TPSA) is 67.7 Å². The minimum Gasteiger partial charge on any atom is -0.370 e. The highest BCUT2D eigenvalue weighted by molar-refractivity contribution is 9.10. The summed E-state index contributed by atoms with van der Waals surface area (Å²) >= 11 is 3.44. The first-order chi connectivity index (χ1) is 10.6. The van der Waals surface area contributed by atoms with E-state index in [0.29, 0.717) is 12.5 Å². The number of nitrogens with zero attached hydrogens (tertiary/aromatic N) is 3. The molecule has 3 N–H and O–H groups in total. The van der Waals surface area contributed by atoms with Gasteiger partial charge in [-0.25, -0.2) is 9.98 Å². The van der Waals surface area contributed by atoms with Gasteiger partial charge in [-0.15, -0.1) is 0 Å². The lowest BCUT2D eigenvalue weighted by atomic mass is 10.2. The van der Waals surface area contributed by atoms with Gasteiger partial charge in [0.15, 0.2) is 5.96 Å². The molecule has 0 atom stereocenters. The second-order valence-corrected chi connectivity index (χ2v) is 5.95. The van der Waals surface area contributed by atoms with Crippen molar-refractivity contribution in [3.63, 3.8) is 0 Å². The minimum absolute atomic E-state index is 0.377. The van der Waals surface area contributed by atoms with Crippen molar-refractivity contribution in [3.8, 4) is 0 Å². The quantitative estimate of drug-likeness (QED) is 0.558. The Morgan fingerprint density at radius 1 is 1.23 bits per heavy atom. The first kappa shape index (κ1) is 14.6. The van der Waals surface area contributed by atoms with Crippen LogP contribution in [0.3, 0.4) is 0 Å². The number of rotatable bonds is 3. The smallest absolute Gasteiger partial charge is 0.193 e. The molecule has 5 nitrogen and oxygen atoms in total. The lowest BCUT2D eigenvalue weighted by Gasteiger charge is -2.05. The number of fused-ring (bicyclic) bond motifs is 1. The van der Waals surface area contributed by atoms with Crippen molar-refractivity contribution in [2.75, 3.05) is 5.32 Å². The molecule has 0 radical (unpaired) electrons. The molecule has 0 bridgehead atoms. The van der Waals surface area contributed by atoms with Gasteiger partial charge in [-0.05, 0) is 47.1 Å². The zero-order valence-corrected chi connectivity index (χ0v) is 13.7. The molecule has 0 saturated heterocycles. The Bertz CT molecular complexity index is 820. The van der Waals surface area contributed by atoms with Gasteiger partial charge >= 0.3 is 0 Å². The minimum atomic E-state index is 0.377. The van der Waals surface area contributed by atoms with Crippen molar-refractivity contribution in [1.82, 2.24) is 9.38 Å². The van der Waals surface area contributed by atoms with Crippen LogP contribution in [0.15, 0.2) is 58.3 Å². The molecular formula is C16H16BrN5. The third-order valence-electron chi connectivity index (χ3n) is 3.20. The molecule has 112 valence electrons. The highest BCUT2D eigenvalue weighted by Gasteiger charge is 2.02. The molecule has 0 aliphatic heterocycles. The molecule has 0 unspecified atom stereocenters. The molecular weight excluding hydrogens is 342 g/mol. The Balaban J connectivity index is 1.70. The molecule has 0 aliphatic rings. The standard InChI is InChI=1S/C16H16BrN5/c1-11-2-5-13(6-3-11)21-16(18)19-8-14-10-22-9-12(17)4-7-15(22)20-14/h2-7,9-10H,8H2,1H3,(H3,18,19,21). The van der Waals surface area contributed by atoms with E-state index < -0.39 is 0 Å². The number of aliphatic imine (C=N–C) groups is 1. The summed E-state index contributed by atoms with van der Waals surface area (Å²) in [6, 6.07) is 11.9. The summed E-state index contributed by atoms with van der Waals surface area (Å²) in [5, 5.41) is 3.07. The van der Waals surface area contributed by atoms with Crippen molar-refractivity contribution < 1.29 is 0 Å². The SMILES string of the molecule is Cc1ccc(NC(N)=NCc2cn3cc(Br)ccc3n2)cc1. The molecule has 1 aromatic carbocycles. The zero-order valence-electron chi connectivity index (χ0n) is 12.1. The number of hydrogen-bond donors (Lipinski definition) is 2. The monoisotopic (exact) mass is 357 g/mol. The number of guanidine groups is 1. The lowest BCUT2D eigenvalue weighted by molar-refractivity contribution is 1.01. The average molecular weight is 358 g/mol. The summed E-state index contributed by atoms with van der Waals surface area (Å²) in [5.74, 6) is 0.377. The number of hydrogen-bond acceptors (Lipinski definition) is 2. The van der Waals surface area contributed by atoms with E-state index in [0.717, 1.165) is 21.5 Å². The maximum absolute atomic E-state index is 5.91. The van der Waals surface area contributed by atoms with Gasteiger partial charge < -0.3 is 15.5 Å². The summed E-state index contributed by atoms with van der Waals surface area (Å²) in [6.45, 7) is 2.48. The van der Waals surface area contributed by atoms with Crippen LogP contribution in [-0.2, 0) is 6.54 Å². The number of benzene rings is 1. The number of pyridine rings is 1. The van der Waals surface area contributed by atoms with Crippen LogP contribution in [0.2, 0.25) is 0 Å². The predicted octanol–water partition coefficient (Wildman–Crippen LogP) is 3.33. The Hall–Kier alpha value is -2.34. The molecule has 6 heteroatoms. The number of anilines is 1. The van der Waals surface area contributed by atoms with Crippen LogP contribution >= 0.6 is 15.9 Å². The highest BCUT2D eigenvalue weighted by atomic mass is 79.9. The number of aromatic nitrogens is 2. The summed E-state index contributed by atoms with van der Waals surface area (Å²) in [4.78, 5) is 8.82. The van der Waals surface area contributed by atoms with Gasteiger partial charge in [0, 0.05) is 22.6 Å². The second-order valence-electron chi connectivity index (χ2n) is 5.04. The summed E-state index contributed by atoms with van der Waals surface area (Å²) in [7, 11) is 0. The third kappa shape index (κ3) is 3.46. The fourth-order valence-electron chi connectivity index (χ4n) is 2.08. The van der Waals surface area contributed by atoms with E-state index in [1.54, 1.807) is 0 Å². The average Bonchev–Trinajstić information content (AvgIpc) is 2.89. The van der Waals surface area contributed by atoms with Crippen molar-refractivity contribution in [3.05, 3.63) is 64.5 Å². The summed E-state index contributed by atoms with van der Waals surface area (Å²) in [5.41, 5.74) is 9.79. The van der Waals surface area contributed by atoms with Gasteiger partial charge in [0.25, 0.3) is 0 Å². The van der Waals surface area contributed by atoms with E-state index >= 15 is 0 Å². The van der Waals surface area contributed by atoms with Gasteiger partial charge in [-0.2, -0.15) is 0 Å². The van der Waals surface area contributed by atoms with E-state index in [1.165, 1.54) is 5.56 Å².